The van der Waals surface area contributed by atoms with Gasteiger partial charge in [0.25, 0.3) is 0 Å². The van der Waals surface area contributed by atoms with Crippen LogP contribution in [0.25, 0.3) is 0 Å². The van der Waals surface area contributed by atoms with Crippen LogP contribution in [0.3, 0.4) is 0 Å². The molecule has 0 aromatic carbocycles. The zero-order valence-corrected chi connectivity index (χ0v) is 16.0. The summed E-state index contributed by atoms with van der Waals surface area (Å²) in [4.78, 5) is 14.2. The van der Waals surface area contributed by atoms with Crippen molar-refractivity contribution in [2.45, 2.75) is 64.6 Å². The summed E-state index contributed by atoms with van der Waals surface area (Å²) in [6, 6.07) is 2.51. The van der Waals surface area contributed by atoms with Crippen LogP contribution in [-0.2, 0) is 4.74 Å². The molecule has 23 heavy (non-hydrogen) atoms. The third-order valence-electron chi connectivity index (χ3n) is 3.90. The topological polar surface area (TPSA) is 41.6 Å². The molecule has 1 amide bonds. The molecular formula is C17H27ClN2O2S. The van der Waals surface area contributed by atoms with Gasteiger partial charge in [-0.15, -0.1) is 11.3 Å². The zero-order valence-electron chi connectivity index (χ0n) is 14.4. The molecular weight excluding hydrogens is 332 g/mol. The van der Waals surface area contributed by atoms with E-state index in [4.69, 9.17) is 16.3 Å². The molecule has 1 saturated heterocycles. The van der Waals surface area contributed by atoms with Crippen molar-refractivity contribution in [3.63, 3.8) is 0 Å². The zero-order chi connectivity index (χ0) is 17.0. The number of hydrogen-bond acceptors (Lipinski definition) is 4. The van der Waals surface area contributed by atoms with Crippen molar-refractivity contribution in [3.05, 3.63) is 21.3 Å². The van der Waals surface area contributed by atoms with Gasteiger partial charge in [0.2, 0.25) is 0 Å². The third kappa shape index (κ3) is 5.98. The Hall–Kier alpha value is -0.780. The largest absolute Gasteiger partial charge is 0.444 e. The Labute approximate surface area is 148 Å². The minimum absolute atomic E-state index is 0.211. The van der Waals surface area contributed by atoms with E-state index in [1.165, 1.54) is 5.56 Å². The van der Waals surface area contributed by atoms with Gasteiger partial charge in [-0.05, 0) is 57.5 Å². The quantitative estimate of drug-likeness (QED) is 0.840. The van der Waals surface area contributed by atoms with Crippen LogP contribution in [0.5, 0.6) is 0 Å². The van der Waals surface area contributed by atoms with Gasteiger partial charge in [0.1, 0.15) is 5.60 Å². The lowest BCUT2D eigenvalue weighted by atomic mass is 10.1. The second-order valence-corrected chi connectivity index (χ2v) is 8.73. The summed E-state index contributed by atoms with van der Waals surface area (Å²) < 4.78 is 6.33. The molecule has 2 heterocycles. The molecule has 1 aromatic rings. The van der Waals surface area contributed by atoms with E-state index in [2.05, 4.69) is 17.6 Å². The lowest BCUT2D eigenvalue weighted by Gasteiger charge is -2.29. The van der Waals surface area contributed by atoms with Crippen LogP contribution in [0.2, 0.25) is 4.34 Å². The summed E-state index contributed by atoms with van der Waals surface area (Å²) in [5, 5.41) is 5.72. The molecule has 0 bridgehead atoms. The summed E-state index contributed by atoms with van der Waals surface area (Å²) in [5.41, 5.74) is 0.751. The summed E-state index contributed by atoms with van der Waals surface area (Å²) in [6.07, 6.45) is 3.00. The van der Waals surface area contributed by atoms with E-state index in [1.807, 2.05) is 31.7 Å². The highest BCUT2D eigenvalue weighted by Crippen LogP contribution is 2.26. The molecule has 0 saturated carbocycles. The maximum Gasteiger partial charge on any atom is 0.410 e. The number of rotatable bonds is 3. The molecule has 0 radical (unpaired) electrons. The number of nitrogens with zero attached hydrogens (tertiary/aromatic N) is 1. The lowest BCUT2D eigenvalue weighted by molar-refractivity contribution is 0.0242. The first kappa shape index (κ1) is 18.6. The SMILES string of the molecule is CC(NC1CCCCN(C(=O)OC(C)(C)C)C1)c1csc(Cl)c1. The number of amides is 1. The molecule has 2 rings (SSSR count). The van der Waals surface area contributed by atoms with Crippen molar-refractivity contribution in [1.82, 2.24) is 10.2 Å². The molecule has 0 spiro atoms. The average molecular weight is 359 g/mol. The molecule has 1 aliphatic rings. The second-order valence-electron chi connectivity index (χ2n) is 7.19. The number of thiophene rings is 1. The molecule has 4 nitrogen and oxygen atoms in total. The third-order valence-corrected chi connectivity index (χ3v) is 5.01. The molecule has 6 heteroatoms. The predicted octanol–water partition coefficient (Wildman–Crippen LogP) is 4.84. The van der Waals surface area contributed by atoms with Gasteiger partial charge in [-0.3, -0.25) is 0 Å². The fraction of sp³-hybridized carbons (Fsp3) is 0.706. The highest BCUT2D eigenvalue weighted by molar-refractivity contribution is 7.14. The smallest absolute Gasteiger partial charge is 0.410 e. The molecule has 0 aliphatic carbocycles. The maximum atomic E-state index is 12.3. The summed E-state index contributed by atoms with van der Waals surface area (Å²) in [7, 11) is 0. The highest BCUT2D eigenvalue weighted by atomic mass is 35.5. The van der Waals surface area contributed by atoms with Crippen LogP contribution in [-0.4, -0.2) is 35.7 Å². The van der Waals surface area contributed by atoms with Crippen molar-refractivity contribution >= 4 is 29.0 Å². The van der Waals surface area contributed by atoms with Crippen LogP contribution >= 0.6 is 22.9 Å². The second kappa shape index (κ2) is 7.86. The number of hydrogen-bond donors (Lipinski definition) is 1. The van der Waals surface area contributed by atoms with E-state index >= 15 is 0 Å². The summed E-state index contributed by atoms with van der Waals surface area (Å²) in [5.74, 6) is 0. The Morgan fingerprint density at radius 3 is 2.83 bits per heavy atom. The van der Waals surface area contributed by atoms with E-state index in [0.29, 0.717) is 6.54 Å². The van der Waals surface area contributed by atoms with E-state index < -0.39 is 5.60 Å². The average Bonchev–Trinajstić information content (AvgIpc) is 2.73. The number of halogens is 1. The molecule has 1 N–H and O–H groups in total. The number of ether oxygens (including phenoxy) is 1. The Kier molecular flexibility index (Phi) is 6.34. The standard InChI is InChI=1S/C17H27ClN2O2S/c1-12(13-9-15(18)23-11-13)19-14-7-5-6-8-20(10-14)16(21)22-17(2,3)4/h9,11-12,14,19H,5-8,10H2,1-4H3. The first-order valence-corrected chi connectivity index (χ1v) is 9.48. The fourth-order valence-corrected chi connectivity index (χ4v) is 3.76. The van der Waals surface area contributed by atoms with Gasteiger partial charge in [0.05, 0.1) is 4.34 Å². The van der Waals surface area contributed by atoms with Crippen LogP contribution in [0.15, 0.2) is 11.4 Å². The Morgan fingerprint density at radius 2 is 2.22 bits per heavy atom. The summed E-state index contributed by atoms with van der Waals surface area (Å²) in [6.45, 7) is 9.31. The molecule has 1 fully saturated rings. The lowest BCUT2D eigenvalue weighted by Crippen LogP contribution is -2.45. The minimum Gasteiger partial charge on any atom is -0.444 e. The van der Waals surface area contributed by atoms with Crippen molar-refractivity contribution in [2.24, 2.45) is 0 Å². The van der Waals surface area contributed by atoms with Crippen molar-refractivity contribution in [3.8, 4) is 0 Å². The molecule has 130 valence electrons. The van der Waals surface area contributed by atoms with Gasteiger partial charge in [-0.25, -0.2) is 4.79 Å². The van der Waals surface area contributed by atoms with Crippen LogP contribution in [0.4, 0.5) is 4.79 Å². The Bertz CT molecular complexity index is 527. The van der Waals surface area contributed by atoms with Crippen molar-refractivity contribution in [1.29, 1.82) is 0 Å². The van der Waals surface area contributed by atoms with Gasteiger partial charge in [0.15, 0.2) is 0 Å². The van der Waals surface area contributed by atoms with E-state index in [1.54, 1.807) is 11.3 Å². The molecule has 1 aromatic heterocycles. The predicted molar refractivity (Wildman–Crippen MR) is 96.3 cm³/mol. The van der Waals surface area contributed by atoms with Crippen LogP contribution in [0, 0.1) is 0 Å². The number of likely N-dealkylation sites (tertiary alicyclic amines) is 1. The van der Waals surface area contributed by atoms with E-state index in [9.17, 15) is 4.79 Å². The molecule has 1 aliphatic heterocycles. The van der Waals surface area contributed by atoms with Crippen LogP contribution < -0.4 is 5.32 Å². The monoisotopic (exact) mass is 358 g/mol. The van der Waals surface area contributed by atoms with Gasteiger partial charge in [-0.1, -0.05) is 18.0 Å². The number of nitrogens with one attached hydrogen (secondary N) is 1. The van der Waals surface area contributed by atoms with Crippen molar-refractivity contribution < 1.29 is 9.53 Å². The van der Waals surface area contributed by atoms with Gasteiger partial charge in [0, 0.05) is 25.2 Å². The highest BCUT2D eigenvalue weighted by Gasteiger charge is 2.27. The number of carbonyl (C=O) groups is 1. The Balaban J connectivity index is 1.95. The van der Waals surface area contributed by atoms with Gasteiger partial charge in [-0.2, -0.15) is 0 Å². The van der Waals surface area contributed by atoms with E-state index in [-0.39, 0.29) is 18.2 Å². The maximum absolute atomic E-state index is 12.3. The minimum atomic E-state index is -0.451. The molecule has 2 unspecified atom stereocenters. The van der Waals surface area contributed by atoms with Crippen molar-refractivity contribution in [2.75, 3.05) is 13.1 Å². The van der Waals surface area contributed by atoms with Gasteiger partial charge >= 0.3 is 6.09 Å². The van der Waals surface area contributed by atoms with Gasteiger partial charge < -0.3 is 15.0 Å². The number of carbonyl (C=O) groups excluding carboxylic acids is 1. The normalized spacial score (nSPS) is 20.9. The first-order valence-electron chi connectivity index (χ1n) is 8.22. The molecule has 2 atom stereocenters. The fourth-order valence-electron chi connectivity index (χ4n) is 2.77. The Morgan fingerprint density at radius 1 is 1.48 bits per heavy atom. The summed E-state index contributed by atoms with van der Waals surface area (Å²) >= 11 is 7.57. The van der Waals surface area contributed by atoms with Crippen LogP contribution in [0.1, 0.15) is 58.6 Å². The first-order chi connectivity index (χ1) is 10.7. The van der Waals surface area contributed by atoms with E-state index in [0.717, 1.165) is 30.1 Å².